The molecule has 0 saturated carbocycles. The molecule has 0 saturated heterocycles. The lowest BCUT2D eigenvalue weighted by molar-refractivity contribution is 0.102. The number of rotatable bonds is 4. The molecule has 0 fully saturated rings. The molecule has 1 amide bonds. The van der Waals surface area contributed by atoms with Crippen LogP contribution in [-0.2, 0) is 0 Å². The minimum atomic E-state index is -0.281. The highest BCUT2D eigenvalue weighted by Gasteiger charge is 2.10. The Hall–Kier alpha value is -1.34. The lowest BCUT2D eigenvalue weighted by Gasteiger charge is -2.08. The lowest BCUT2D eigenvalue weighted by Crippen LogP contribution is -2.14. The lowest BCUT2D eigenvalue weighted by atomic mass is 10.3. The zero-order valence-corrected chi connectivity index (χ0v) is 13.7. The van der Waals surface area contributed by atoms with Gasteiger partial charge in [-0.05, 0) is 59.8 Å². The number of nitrogens with one attached hydrogen (secondary N) is 2. The first-order valence-corrected chi connectivity index (χ1v) is 7.52. The SMILES string of the molecule is CCNc1ccc(C(=O)Nc2ccc(I)cc2Cl)nc1. The molecule has 2 N–H and O–H groups in total. The predicted molar refractivity (Wildman–Crippen MR) is 90.5 cm³/mol. The molecule has 2 aromatic rings. The molecule has 0 spiro atoms. The maximum Gasteiger partial charge on any atom is 0.274 e. The maximum absolute atomic E-state index is 12.1. The molecule has 0 atom stereocenters. The van der Waals surface area contributed by atoms with Gasteiger partial charge < -0.3 is 10.6 Å². The minimum absolute atomic E-state index is 0.281. The molecule has 4 nitrogen and oxygen atoms in total. The molecule has 2 rings (SSSR count). The molecule has 0 aliphatic heterocycles. The monoisotopic (exact) mass is 401 g/mol. The van der Waals surface area contributed by atoms with Crippen LogP contribution in [0.5, 0.6) is 0 Å². The Kier molecular flexibility index (Phi) is 5.19. The van der Waals surface area contributed by atoms with E-state index in [0.717, 1.165) is 15.8 Å². The molecule has 6 heteroatoms. The number of aromatic nitrogens is 1. The second-order valence-electron chi connectivity index (χ2n) is 4.04. The van der Waals surface area contributed by atoms with Gasteiger partial charge in [0, 0.05) is 10.1 Å². The zero-order valence-electron chi connectivity index (χ0n) is 10.8. The van der Waals surface area contributed by atoms with Crippen molar-refractivity contribution in [3.05, 3.63) is 50.8 Å². The summed E-state index contributed by atoms with van der Waals surface area (Å²) in [5.74, 6) is -0.281. The first kappa shape index (κ1) is 15.1. The van der Waals surface area contributed by atoms with Gasteiger partial charge in [0.1, 0.15) is 5.69 Å². The number of carbonyl (C=O) groups is 1. The third-order valence-electron chi connectivity index (χ3n) is 2.56. The standard InChI is InChI=1S/C14H13ClIN3O/c1-2-17-10-4-6-13(18-8-10)14(20)19-12-5-3-9(16)7-11(12)15/h3-8,17H,2H2,1H3,(H,19,20). The Balaban J connectivity index is 2.11. The van der Waals surface area contributed by atoms with Crippen LogP contribution in [-0.4, -0.2) is 17.4 Å². The Labute approximate surface area is 136 Å². The van der Waals surface area contributed by atoms with Gasteiger partial charge in [-0.25, -0.2) is 4.98 Å². The highest BCUT2D eigenvalue weighted by atomic mass is 127. The molecule has 0 radical (unpaired) electrons. The van der Waals surface area contributed by atoms with Gasteiger partial charge in [-0.2, -0.15) is 0 Å². The molecule has 0 aliphatic rings. The van der Waals surface area contributed by atoms with Gasteiger partial charge in [0.05, 0.1) is 22.6 Å². The van der Waals surface area contributed by atoms with Crippen LogP contribution in [0.3, 0.4) is 0 Å². The number of halogens is 2. The zero-order chi connectivity index (χ0) is 14.5. The van der Waals surface area contributed by atoms with Crippen LogP contribution in [0, 0.1) is 3.57 Å². The molecule has 0 aliphatic carbocycles. The van der Waals surface area contributed by atoms with Crippen molar-refractivity contribution in [3.63, 3.8) is 0 Å². The fourth-order valence-corrected chi connectivity index (χ4v) is 2.52. The minimum Gasteiger partial charge on any atom is -0.384 e. The van der Waals surface area contributed by atoms with E-state index in [4.69, 9.17) is 11.6 Å². The largest absolute Gasteiger partial charge is 0.384 e. The van der Waals surface area contributed by atoms with Crippen LogP contribution in [0.4, 0.5) is 11.4 Å². The number of hydrogen-bond acceptors (Lipinski definition) is 3. The number of anilines is 2. The second-order valence-corrected chi connectivity index (χ2v) is 5.69. The van der Waals surface area contributed by atoms with Crippen LogP contribution in [0.25, 0.3) is 0 Å². The molecule has 1 aromatic heterocycles. The van der Waals surface area contributed by atoms with E-state index < -0.39 is 0 Å². The second kappa shape index (κ2) is 6.90. The van der Waals surface area contributed by atoms with Crippen LogP contribution in [0.1, 0.15) is 17.4 Å². The summed E-state index contributed by atoms with van der Waals surface area (Å²) in [7, 11) is 0. The van der Waals surface area contributed by atoms with Crippen molar-refractivity contribution in [1.29, 1.82) is 0 Å². The van der Waals surface area contributed by atoms with E-state index in [9.17, 15) is 4.79 Å². The third-order valence-corrected chi connectivity index (χ3v) is 3.54. The fraction of sp³-hybridized carbons (Fsp3) is 0.143. The van der Waals surface area contributed by atoms with Gasteiger partial charge in [0.15, 0.2) is 0 Å². The van der Waals surface area contributed by atoms with Crippen LogP contribution < -0.4 is 10.6 Å². The van der Waals surface area contributed by atoms with Crippen LogP contribution in [0.2, 0.25) is 5.02 Å². The van der Waals surface area contributed by atoms with Gasteiger partial charge in [-0.3, -0.25) is 4.79 Å². The summed E-state index contributed by atoms with van der Waals surface area (Å²) >= 11 is 8.24. The quantitative estimate of drug-likeness (QED) is 0.761. The number of nitrogens with zero attached hydrogens (tertiary/aromatic N) is 1. The first-order chi connectivity index (χ1) is 9.60. The molecule has 1 heterocycles. The normalized spacial score (nSPS) is 10.2. The van der Waals surface area contributed by atoms with Gasteiger partial charge >= 0.3 is 0 Å². The molecular formula is C14H13ClIN3O. The van der Waals surface area contributed by atoms with Gasteiger partial charge in [0.2, 0.25) is 0 Å². The summed E-state index contributed by atoms with van der Waals surface area (Å²) in [6.45, 7) is 2.81. The average Bonchev–Trinajstić information content (AvgIpc) is 2.43. The van der Waals surface area contributed by atoms with Gasteiger partial charge in [-0.1, -0.05) is 11.6 Å². The van der Waals surface area contributed by atoms with Crippen molar-refractivity contribution in [2.75, 3.05) is 17.2 Å². The van der Waals surface area contributed by atoms with Gasteiger partial charge in [0.25, 0.3) is 5.91 Å². The van der Waals surface area contributed by atoms with E-state index in [-0.39, 0.29) is 5.91 Å². The third kappa shape index (κ3) is 3.83. The molecule has 1 aromatic carbocycles. The van der Waals surface area contributed by atoms with Crippen LogP contribution in [0.15, 0.2) is 36.5 Å². The van der Waals surface area contributed by atoms with E-state index >= 15 is 0 Å². The molecule has 20 heavy (non-hydrogen) atoms. The number of pyridine rings is 1. The van der Waals surface area contributed by atoms with E-state index in [1.807, 2.05) is 19.1 Å². The highest BCUT2D eigenvalue weighted by Crippen LogP contribution is 2.24. The summed E-state index contributed by atoms with van der Waals surface area (Å²) in [6, 6.07) is 8.94. The summed E-state index contributed by atoms with van der Waals surface area (Å²) < 4.78 is 1.01. The molecular weight excluding hydrogens is 389 g/mol. The fourth-order valence-electron chi connectivity index (χ4n) is 1.61. The van der Waals surface area contributed by atoms with E-state index in [2.05, 4.69) is 38.2 Å². The smallest absolute Gasteiger partial charge is 0.274 e. The van der Waals surface area contributed by atoms with E-state index in [1.165, 1.54) is 0 Å². The van der Waals surface area contributed by atoms with E-state index in [1.54, 1.807) is 24.4 Å². The van der Waals surface area contributed by atoms with Crippen molar-refractivity contribution in [2.24, 2.45) is 0 Å². The average molecular weight is 402 g/mol. The Morgan fingerprint density at radius 3 is 2.75 bits per heavy atom. The predicted octanol–water partition coefficient (Wildman–Crippen LogP) is 4.02. The topological polar surface area (TPSA) is 54.0 Å². The summed E-state index contributed by atoms with van der Waals surface area (Å²) in [5.41, 5.74) is 1.81. The van der Waals surface area contributed by atoms with Crippen molar-refractivity contribution in [3.8, 4) is 0 Å². The summed E-state index contributed by atoms with van der Waals surface area (Å²) in [6.07, 6.45) is 1.63. The Bertz CT molecular complexity index is 616. The van der Waals surface area contributed by atoms with Crippen molar-refractivity contribution in [2.45, 2.75) is 6.92 Å². The first-order valence-electron chi connectivity index (χ1n) is 6.06. The number of amides is 1. The highest BCUT2D eigenvalue weighted by molar-refractivity contribution is 14.1. The van der Waals surface area contributed by atoms with E-state index in [0.29, 0.717) is 16.4 Å². The number of hydrogen-bond donors (Lipinski definition) is 2. The number of benzene rings is 1. The molecule has 104 valence electrons. The maximum atomic E-state index is 12.1. The summed E-state index contributed by atoms with van der Waals surface area (Å²) in [5, 5.41) is 6.38. The van der Waals surface area contributed by atoms with Crippen molar-refractivity contribution < 1.29 is 4.79 Å². The Morgan fingerprint density at radius 1 is 1.35 bits per heavy atom. The molecule has 0 unspecified atom stereocenters. The van der Waals surface area contributed by atoms with Crippen LogP contribution >= 0.6 is 34.2 Å². The summed E-state index contributed by atoms with van der Waals surface area (Å²) in [4.78, 5) is 16.2. The molecule has 0 bridgehead atoms. The number of carbonyl (C=O) groups excluding carboxylic acids is 1. The van der Waals surface area contributed by atoms with Crippen molar-refractivity contribution >= 4 is 51.5 Å². The van der Waals surface area contributed by atoms with Gasteiger partial charge in [-0.15, -0.1) is 0 Å². The Morgan fingerprint density at radius 2 is 2.15 bits per heavy atom. The van der Waals surface area contributed by atoms with Crippen molar-refractivity contribution in [1.82, 2.24) is 4.98 Å².